The number of methoxy groups -OCH3 is 1. The molecule has 0 amide bonds. The lowest BCUT2D eigenvalue weighted by Gasteiger charge is -2.22. The first kappa shape index (κ1) is 10.6. The maximum Gasteiger partial charge on any atom is 0.309 e. The Morgan fingerprint density at radius 1 is 1.54 bits per heavy atom. The average Bonchev–Trinajstić information content (AvgIpc) is 2.19. The zero-order chi connectivity index (χ0) is 9.68. The van der Waals surface area contributed by atoms with E-state index in [0.717, 1.165) is 5.57 Å². The molecule has 0 aromatic carbocycles. The summed E-state index contributed by atoms with van der Waals surface area (Å²) in [5.41, 5.74) is 1.05. The largest absolute Gasteiger partial charge is 0.469 e. The van der Waals surface area contributed by atoms with Crippen molar-refractivity contribution in [3.8, 4) is 0 Å². The Balaban J connectivity index is 2.33. The molecule has 0 spiro atoms. The molecule has 0 aromatic rings. The average molecular weight is 200 g/mol. The Labute approximate surface area is 83.7 Å². The molecule has 0 atom stereocenters. The van der Waals surface area contributed by atoms with Gasteiger partial charge in [-0.3, -0.25) is 4.79 Å². The van der Waals surface area contributed by atoms with Crippen LogP contribution in [-0.4, -0.2) is 24.6 Å². The van der Waals surface area contributed by atoms with Crippen molar-refractivity contribution in [2.75, 3.05) is 18.6 Å². The van der Waals surface area contributed by atoms with Gasteiger partial charge in [0.2, 0.25) is 0 Å². The lowest BCUT2D eigenvalue weighted by Crippen LogP contribution is -2.14. The number of esters is 1. The molecule has 74 valence electrons. The quantitative estimate of drug-likeness (QED) is 0.516. The minimum absolute atomic E-state index is 0.164. The number of hydrogen-bond donors (Lipinski definition) is 0. The molecule has 1 fully saturated rings. The van der Waals surface area contributed by atoms with Crippen molar-refractivity contribution in [2.45, 2.75) is 19.3 Å². The summed E-state index contributed by atoms with van der Waals surface area (Å²) in [5.74, 6) is 2.78. The first-order valence-electron chi connectivity index (χ1n) is 4.56. The van der Waals surface area contributed by atoms with Crippen LogP contribution in [0.3, 0.4) is 0 Å². The van der Waals surface area contributed by atoms with E-state index in [4.69, 9.17) is 0 Å². The third kappa shape index (κ3) is 3.43. The molecule has 13 heavy (non-hydrogen) atoms. The lowest BCUT2D eigenvalue weighted by molar-refractivity contribution is -0.139. The molecule has 1 saturated heterocycles. The van der Waals surface area contributed by atoms with Gasteiger partial charge in [-0.25, -0.2) is 0 Å². The molecule has 1 rings (SSSR count). The number of carbonyl (C=O) groups excluding carboxylic acids is 1. The van der Waals surface area contributed by atoms with Crippen LogP contribution < -0.4 is 0 Å². The molecule has 1 aliphatic heterocycles. The van der Waals surface area contributed by atoms with Gasteiger partial charge in [0.15, 0.2) is 0 Å². The van der Waals surface area contributed by atoms with Crippen LogP contribution in [0, 0.1) is 5.92 Å². The van der Waals surface area contributed by atoms with Crippen molar-refractivity contribution in [3.63, 3.8) is 0 Å². The number of carbonyl (C=O) groups is 1. The topological polar surface area (TPSA) is 26.3 Å². The Hall–Kier alpha value is -0.440. The van der Waals surface area contributed by atoms with Crippen LogP contribution in [0.2, 0.25) is 0 Å². The Morgan fingerprint density at radius 2 is 2.15 bits per heavy atom. The van der Waals surface area contributed by atoms with Gasteiger partial charge in [0.1, 0.15) is 0 Å². The van der Waals surface area contributed by atoms with E-state index >= 15 is 0 Å². The number of hydrogen-bond acceptors (Lipinski definition) is 3. The van der Waals surface area contributed by atoms with E-state index in [2.05, 4.69) is 11.3 Å². The second-order valence-corrected chi connectivity index (χ2v) is 4.52. The molecule has 0 aliphatic carbocycles. The van der Waals surface area contributed by atoms with Crippen molar-refractivity contribution < 1.29 is 9.53 Å². The Kier molecular flexibility index (Phi) is 4.36. The fourth-order valence-electron chi connectivity index (χ4n) is 1.51. The van der Waals surface area contributed by atoms with Gasteiger partial charge in [-0.2, -0.15) is 11.8 Å². The van der Waals surface area contributed by atoms with E-state index in [1.807, 2.05) is 11.8 Å². The van der Waals surface area contributed by atoms with Gasteiger partial charge in [0.05, 0.1) is 13.5 Å². The number of thioether (sulfide) groups is 1. The van der Waals surface area contributed by atoms with Crippen LogP contribution in [0.1, 0.15) is 19.3 Å². The smallest absolute Gasteiger partial charge is 0.309 e. The van der Waals surface area contributed by atoms with Gasteiger partial charge in [-0.05, 0) is 30.3 Å². The van der Waals surface area contributed by atoms with Crippen LogP contribution in [0.5, 0.6) is 0 Å². The summed E-state index contributed by atoms with van der Waals surface area (Å²) in [4.78, 5) is 11.0. The molecule has 0 bridgehead atoms. The van der Waals surface area contributed by atoms with E-state index in [9.17, 15) is 4.79 Å². The number of ether oxygens (including phenoxy) is 1. The predicted octanol–water partition coefficient (Wildman–Crippen LogP) is 2.25. The van der Waals surface area contributed by atoms with Crippen LogP contribution in [0.15, 0.2) is 12.2 Å². The van der Waals surface area contributed by atoms with E-state index < -0.39 is 0 Å². The minimum atomic E-state index is -0.164. The summed E-state index contributed by atoms with van der Waals surface area (Å²) in [6.45, 7) is 3.96. The van der Waals surface area contributed by atoms with Gasteiger partial charge < -0.3 is 4.74 Å². The maximum absolute atomic E-state index is 11.0. The highest BCUT2D eigenvalue weighted by Gasteiger charge is 2.18. The molecule has 0 saturated carbocycles. The zero-order valence-electron chi connectivity index (χ0n) is 8.04. The molecule has 2 nitrogen and oxygen atoms in total. The van der Waals surface area contributed by atoms with Gasteiger partial charge in [0, 0.05) is 0 Å². The summed E-state index contributed by atoms with van der Waals surface area (Å²) < 4.78 is 4.61. The van der Waals surface area contributed by atoms with E-state index in [1.165, 1.54) is 31.5 Å². The lowest BCUT2D eigenvalue weighted by atomic mass is 9.92. The summed E-state index contributed by atoms with van der Waals surface area (Å²) in [5, 5.41) is 0. The summed E-state index contributed by atoms with van der Waals surface area (Å²) in [6, 6.07) is 0. The van der Waals surface area contributed by atoms with Gasteiger partial charge in [-0.1, -0.05) is 12.2 Å². The number of rotatable bonds is 3. The fraction of sp³-hybridized carbons (Fsp3) is 0.700. The highest BCUT2D eigenvalue weighted by atomic mass is 32.2. The molecular weight excluding hydrogens is 184 g/mol. The normalized spacial score (nSPS) is 18.2. The van der Waals surface area contributed by atoms with Crippen molar-refractivity contribution in [1.82, 2.24) is 0 Å². The highest BCUT2D eigenvalue weighted by Crippen LogP contribution is 2.29. The van der Waals surface area contributed by atoms with Crippen LogP contribution in [0.4, 0.5) is 0 Å². The minimum Gasteiger partial charge on any atom is -0.469 e. The second kappa shape index (κ2) is 5.32. The van der Waals surface area contributed by atoms with Crippen LogP contribution in [-0.2, 0) is 9.53 Å². The molecule has 0 unspecified atom stereocenters. The van der Waals surface area contributed by atoms with Crippen LogP contribution in [0.25, 0.3) is 0 Å². The van der Waals surface area contributed by atoms with E-state index in [0.29, 0.717) is 12.3 Å². The van der Waals surface area contributed by atoms with Crippen molar-refractivity contribution in [1.29, 1.82) is 0 Å². The SMILES string of the molecule is C=C(CC(=O)OC)C1CCSCC1. The highest BCUT2D eigenvalue weighted by molar-refractivity contribution is 7.99. The van der Waals surface area contributed by atoms with Gasteiger partial charge in [0.25, 0.3) is 0 Å². The third-order valence-corrected chi connectivity index (χ3v) is 3.45. The molecule has 0 aromatic heterocycles. The first-order valence-corrected chi connectivity index (χ1v) is 5.71. The van der Waals surface area contributed by atoms with Crippen molar-refractivity contribution in [3.05, 3.63) is 12.2 Å². The first-order chi connectivity index (χ1) is 6.24. The van der Waals surface area contributed by atoms with E-state index in [-0.39, 0.29) is 5.97 Å². The van der Waals surface area contributed by atoms with Crippen LogP contribution >= 0.6 is 11.8 Å². The summed E-state index contributed by atoms with van der Waals surface area (Å²) >= 11 is 1.98. The molecule has 0 radical (unpaired) electrons. The summed E-state index contributed by atoms with van der Waals surface area (Å²) in [7, 11) is 1.42. The Morgan fingerprint density at radius 3 is 2.69 bits per heavy atom. The third-order valence-electron chi connectivity index (χ3n) is 2.40. The second-order valence-electron chi connectivity index (χ2n) is 3.30. The fourth-order valence-corrected chi connectivity index (χ4v) is 2.61. The predicted molar refractivity (Wildman–Crippen MR) is 55.8 cm³/mol. The van der Waals surface area contributed by atoms with Gasteiger partial charge >= 0.3 is 5.97 Å². The molecule has 3 heteroatoms. The molecule has 1 heterocycles. The Bertz CT molecular complexity index is 195. The van der Waals surface area contributed by atoms with Crippen molar-refractivity contribution >= 4 is 17.7 Å². The molecule has 1 aliphatic rings. The summed E-state index contributed by atoms with van der Waals surface area (Å²) in [6.07, 6.45) is 2.73. The maximum atomic E-state index is 11.0. The zero-order valence-corrected chi connectivity index (χ0v) is 8.86. The molecular formula is C10H16O2S. The monoisotopic (exact) mass is 200 g/mol. The van der Waals surface area contributed by atoms with Crippen molar-refractivity contribution in [2.24, 2.45) is 5.92 Å². The van der Waals surface area contributed by atoms with Gasteiger partial charge in [-0.15, -0.1) is 0 Å². The van der Waals surface area contributed by atoms with E-state index in [1.54, 1.807) is 0 Å². The molecule has 0 N–H and O–H groups in total. The standard InChI is InChI=1S/C10H16O2S/c1-8(7-10(11)12-2)9-3-5-13-6-4-9/h9H,1,3-7H2,2H3.